The topological polar surface area (TPSA) is 62.4 Å². The average Bonchev–Trinajstić information content (AvgIpc) is 2.93. The van der Waals surface area contributed by atoms with Crippen LogP contribution in [0.1, 0.15) is 16.4 Å². The minimum Gasteiger partial charge on any atom is -0.495 e. The predicted octanol–water partition coefficient (Wildman–Crippen LogP) is 8.65. The fraction of sp³-hybridized carbons (Fsp3) is 0.103. The van der Waals surface area contributed by atoms with Crippen LogP contribution in [-0.4, -0.2) is 18.1 Å². The molecule has 0 bridgehead atoms. The van der Waals surface area contributed by atoms with Gasteiger partial charge in [0.2, 0.25) is 5.91 Å². The third kappa shape index (κ3) is 7.68. The van der Waals surface area contributed by atoms with Crippen LogP contribution in [0, 0.1) is 0 Å². The Morgan fingerprint density at radius 2 is 1.60 bits per heavy atom. The molecule has 0 radical (unpaired) electrons. The summed E-state index contributed by atoms with van der Waals surface area (Å²) in [5.41, 5.74) is 1.01. The molecule has 4 rings (SSSR count). The Hall–Kier alpha value is -3.73. The second-order valence-corrected chi connectivity index (χ2v) is 10.4. The van der Waals surface area contributed by atoms with Crippen LogP contribution in [-0.2, 0) is 11.0 Å². The van der Waals surface area contributed by atoms with Crippen molar-refractivity contribution in [1.82, 2.24) is 0 Å². The van der Waals surface area contributed by atoms with Crippen LogP contribution in [0.15, 0.2) is 102 Å². The van der Waals surface area contributed by atoms with Gasteiger partial charge in [0.1, 0.15) is 11.0 Å². The molecule has 0 aliphatic heterocycles. The third-order valence-corrected chi connectivity index (χ3v) is 7.37. The molecule has 1 atom stereocenters. The van der Waals surface area contributed by atoms with Gasteiger partial charge < -0.3 is 20.7 Å². The number of alkyl halides is 3. The Morgan fingerprint density at radius 1 is 0.875 bits per heavy atom. The highest BCUT2D eigenvalue weighted by molar-refractivity contribution is 8.00. The molecule has 0 saturated carbocycles. The Morgan fingerprint density at radius 3 is 2.33 bits per heavy atom. The van der Waals surface area contributed by atoms with Crippen LogP contribution >= 0.6 is 35.6 Å². The SMILES string of the molecule is COc1ccccc1NC(=S)Nc1cccc(SC(C(=O)Nc2cc(C(F)(F)F)ccc2Cl)c2ccccc2)c1. The summed E-state index contributed by atoms with van der Waals surface area (Å²) >= 11 is 12.8. The molecule has 0 aliphatic rings. The lowest BCUT2D eigenvalue weighted by Gasteiger charge is -2.19. The number of thiocarbonyl (C=S) groups is 1. The van der Waals surface area contributed by atoms with Crippen LogP contribution < -0.4 is 20.7 Å². The van der Waals surface area contributed by atoms with E-state index in [2.05, 4.69) is 16.0 Å². The third-order valence-electron chi connectivity index (χ3n) is 5.59. The van der Waals surface area contributed by atoms with E-state index in [0.717, 1.165) is 23.1 Å². The first-order valence-corrected chi connectivity index (χ1v) is 13.5. The number of carbonyl (C=O) groups is 1. The molecule has 0 aliphatic carbocycles. The number of methoxy groups -OCH3 is 1. The Bertz CT molecular complexity index is 1500. The molecule has 3 N–H and O–H groups in total. The number of amides is 1. The molecule has 0 spiro atoms. The molecule has 0 aromatic heterocycles. The number of para-hydroxylation sites is 2. The Balaban J connectivity index is 1.53. The average molecular weight is 602 g/mol. The summed E-state index contributed by atoms with van der Waals surface area (Å²) in [5, 5.41) is 8.33. The molecule has 40 heavy (non-hydrogen) atoms. The Labute approximate surface area is 244 Å². The van der Waals surface area contributed by atoms with Crippen molar-refractivity contribution in [3.8, 4) is 5.75 Å². The van der Waals surface area contributed by atoms with Gasteiger partial charge in [-0.25, -0.2) is 0 Å². The van der Waals surface area contributed by atoms with Crippen molar-refractivity contribution in [3.05, 3.63) is 113 Å². The number of hydrogen-bond acceptors (Lipinski definition) is 4. The van der Waals surface area contributed by atoms with Crippen molar-refractivity contribution >= 4 is 63.7 Å². The number of anilines is 3. The summed E-state index contributed by atoms with van der Waals surface area (Å²) in [6, 6.07) is 26.4. The predicted molar refractivity (Wildman–Crippen MR) is 159 cm³/mol. The quantitative estimate of drug-likeness (QED) is 0.139. The van der Waals surface area contributed by atoms with E-state index in [1.165, 1.54) is 11.8 Å². The van der Waals surface area contributed by atoms with Crippen molar-refractivity contribution in [2.24, 2.45) is 0 Å². The lowest BCUT2D eigenvalue weighted by atomic mass is 10.1. The fourth-order valence-electron chi connectivity index (χ4n) is 3.71. The summed E-state index contributed by atoms with van der Waals surface area (Å²) in [7, 11) is 1.57. The van der Waals surface area contributed by atoms with Crippen LogP contribution in [0.2, 0.25) is 5.02 Å². The highest BCUT2D eigenvalue weighted by Crippen LogP contribution is 2.39. The highest BCUT2D eigenvalue weighted by Gasteiger charge is 2.31. The largest absolute Gasteiger partial charge is 0.495 e. The number of hydrogen-bond donors (Lipinski definition) is 3. The second kappa shape index (κ2) is 13.1. The zero-order chi connectivity index (χ0) is 28.7. The lowest BCUT2D eigenvalue weighted by Crippen LogP contribution is -2.20. The number of carbonyl (C=O) groups excluding carboxylic acids is 1. The second-order valence-electron chi connectivity index (χ2n) is 8.40. The van der Waals surface area contributed by atoms with Gasteiger partial charge in [-0.1, -0.05) is 60.1 Å². The summed E-state index contributed by atoms with van der Waals surface area (Å²) < 4.78 is 45.1. The maximum absolute atomic E-state index is 13.4. The van der Waals surface area contributed by atoms with E-state index >= 15 is 0 Å². The maximum Gasteiger partial charge on any atom is 0.416 e. The van der Waals surface area contributed by atoms with Gasteiger partial charge in [0.25, 0.3) is 0 Å². The number of halogens is 4. The van der Waals surface area contributed by atoms with Gasteiger partial charge in [-0.3, -0.25) is 4.79 Å². The molecule has 206 valence electrons. The number of nitrogens with one attached hydrogen (secondary N) is 3. The first-order chi connectivity index (χ1) is 19.1. The van der Waals surface area contributed by atoms with E-state index in [1.54, 1.807) is 37.4 Å². The molecule has 0 fully saturated rings. The van der Waals surface area contributed by atoms with Crippen molar-refractivity contribution in [3.63, 3.8) is 0 Å². The lowest BCUT2D eigenvalue weighted by molar-refractivity contribution is -0.137. The molecule has 11 heteroatoms. The molecule has 0 heterocycles. The summed E-state index contributed by atoms with van der Waals surface area (Å²) in [4.78, 5) is 14.2. The van der Waals surface area contributed by atoms with Gasteiger partial charge in [-0.2, -0.15) is 13.2 Å². The van der Waals surface area contributed by atoms with Gasteiger partial charge >= 0.3 is 6.18 Å². The summed E-state index contributed by atoms with van der Waals surface area (Å²) in [5.74, 6) is 0.109. The van der Waals surface area contributed by atoms with E-state index in [0.29, 0.717) is 27.8 Å². The highest BCUT2D eigenvalue weighted by atomic mass is 35.5. The molecule has 4 aromatic rings. The van der Waals surface area contributed by atoms with Crippen molar-refractivity contribution in [2.75, 3.05) is 23.1 Å². The monoisotopic (exact) mass is 601 g/mol. The van der Waals surface area contributed by atoms with Crippen LogP contribution in [0.5, 0.6) is 5.75 Å². The maximum atomic E-state index is 13.4. The Kier molecular flexibility index (Phi) is 9.57. The van der Waals surface area contributed by atoms with Crippen molar-refractivity contribution < 1.29 is 22.7 Å². The van der Waals surface area contributed by atoms with E-state index < -0.39 is 22.9 Å². The molecular formula is C29H23ClF3N3O2S2. The van der Waals surface area contributed by atoms with Crippen LogP contribution in [0.3, 0.4) is 0 Å². The normalized spacial score (nSPS) is 11.8. The number of ether oxygens (including phenoxy) is 1. The van der Waals surface area contributed by atoms with Gasteiger partial charge in [0.05, 0.1) is 29.1 Å². The molecule has 4 aromatic carbocycles. The summed E-state index contributed by atoms with van der Waals surface area (Å²) in [6.07, 6.45) is -4.58. The minimum atomic E-state index is -4.58. The fourth-order valence-corrected chi connectivity index (χ4v) is 5.19. The number of rotatable bonds is 8. The van der Waals surface area contributed by atoms with E-state index in [1.807, 2.05) is 48.5 Å². The molecule has 0 saturated heterocycles. The molecular weight excluding hydrogens is 579 g/mol. The molecule has 1 amide bonds. The van der Waals surface area contributed by atoms with Gasteiger partial charge in [0.15, 0.2) is 5.11 Å². The van der Waals surface area contributed by atoms with Crippen LogP contribution in [0.25, 0.3) is 0 Å². The smallest absolute Gasteiger partial charge is 0.416 e. The van der Waals surface area contributed by atoms with E-state index in [9.17, 15) is 18.0 Å². The number of benzene rings is 4. The van der Waals surface area contributed by atoms with Gasteiger partial charge in [-0.15, -0.1) is 11.8 Å². The van der Waals surface area contributed by atoms with Gasteiger partial charge in [-0.05, 0) is 66.3 Å². The number of thioether (sulfide) groups is 1. The van der Waals surface area contributed by atoms with Crippen molar-refractivity contribution in [2.45, 2.75) is 16.3 Å². The molecule has 1 unspecified atom stereocenters. The standard InChI is InChI=1S/C29H23ClF3N3O2S2/c1-38-25-13-6-5-12-23(25)36-28(39)34-20-10-7-11-21(17-20)40-26(18-8-3-2-4-9-18)27(37)35-24-16-19(29(31,32)33)14-15-22(24)30/h2-17,26H,1H3,(H,35,37)(H2,34,36,39). The zero-order valence-electron chi connectivity index (χ0n) is 21.0. The minimum absolute atomic E-state index is 0.000387. The molecule has 5 nitrogen and oxygen atoms in total. The summed E-state index contributed by atoms with van der Waals surface area (Å²) in [6.45, 7) is 0. The van der Waals surface area contributed by atoms with Crippen LogP contribution in [0.4, 0.5) is 30.2 Å². The van der Waals surface area contributed by atoms with E-state index in [4.69, 9.17) is 28.6 Å². The first-order valence-electron chi connectivity index (χ1n) is 11.8. The van der Waals surface area contributed by atoms with E-state index in [-0.39, 0.29) is 10.7 Å². The first kappa shape index (κ1) is 29.3. The zero-order valence-corrected chi connectivity index (χ0v) is 23.3. The van der Waals surface area contributed by atoms with Crippen molar-refractivity contribution in [1.29, 1.82) is 0 Å². The van der Waals surface area contributed by atoms with Gasteiger partial charge in [0, 0.05) is 10.6 Å².